The van der Waals surface area contributed by atoms with E-state index in [9.17, 15) is 9.90 Å². The van der Waals surface area contributed by atoms with E-state index in [0.717, 1.165) is 6.42 Å². The minimum Gasteiger partial charge on any atom is -0.394 e. The van der Waals surface area contributed by atoms with Crippen LogP contribution in [0, 0.1) is 5.92 Å². The number of nitrogens with one attached hydrogen (secondary N) is 1. The number of hydrogen-bond donors (Lipinski definition) is 3. The lowest BCUT2D eigenvalue weighted by molar-refractivity contribution is -0.126. The van der Waals surface area contributed by atoms with E-state index in [-0.39, 0.29) is 18.4 Å². The summed E-state index contributed by atoms with van der Waals surface area (Å²) in [6.07, 6.45) is 2.29. The van der Waals surface area contributed by atoms with Crippen molar-refractivity contribution < 1.29 is 9.90 Å². The molecular formula is C12H26N2O2. The van der Waals surface area contributed by atoms with E-state index < -0.39 is 11.6 Å². The Kier molecular flexibility index (Phi) is 6.60. The van der Waals surface area contributed by atoms with Gasteiger partial charge in [-0.05, 0) is 18.8 Å². The lowest BCUT2D eigenvalue weighted by atomic mass is 9.92. The molecule has 4 nitrogen and oxygen atoms in total. The van der Waals surface area contributed by atoms with Crippen molar-refractivity contribution >= 4 is 5.91 Å². The Morgan fingerprint density at radius 1 is 1.38 bits per heavy atom. The van der Waals surface area contributed by atoms with E-state index >= 15 is 0 Å². The van der Waals surface area contributed by atoms with Crippen LogP contribution in [0.15, 0.2) is 0 Å². The molecule has 0 radical (unpaired) electrons. The van der Waals surface area contributed by atoms with E-state index in [1.165, 1.54) is 0 Å². The van der Waals surface area contributed by atoms with Crippen molar-refractivity contribution in [2.75, 3.05) is 6.61 Å². The van der Waals surface area contributed by atoms with Crippen LogP contribution < -0.4 is 11.1 Å². The van der Waals surface area contributed by atoms with Gasteiger partial charge in [0.2, 0.25) is 5.91 Å². The zero-order valence-corrected chi connectivity index (χ0v) is 10.9. The van der Waals surface area contributed by atoms with Gasteiger partial charge >= 0.3 is 0 Å². The Bertz CT molecular complexity index is 207. The van der Waals surface area contributed by atoms with Gasteiger partial charge in [-0.15, -0.1) is 0 Å². The summed E-state index contributed by atoms with van der Waals surface area (Å²) in [5.41, 5.74) is 5.34. The molecule has 0 saturated carbocycles. The molecule has 0 rings (SSSR count). The Hall–Kier alpha value is -0.610. The van der Waals surface area contributed by atoms with Crippen molar-refractivity contribution in [3.63, 3.8) is 0 Å². The summed E-state index contributed by atoms with van der Waals surface area (Å²) in [6, 6.07) is -0.492. The molecular weight excluding hydrogens is 204 g/mol. The number of rotatable bonds is 7. The van der Waals surface area contributed by atoms with Crippen molar-refractivity contribution in [1.82, 2.24) is 5.32 Å². The van der Waals surface area contributed by atoms with Gasteiger partial charge in [0.05, 0.1) is 18.2 Å². The van der Waals surface area contributed by atoms with Crippen LogP contribution in [0.1, 0.15) is 47.0 Å². The molecule has 4 N–H and O–H groups in total. The summed E-state index contributed by atoms with van der Waals surface area (Å²) in [4.78, 5) is 11.9. The van der Waals surface area contributed by atoms with Crippen LogP contribution in [-0.4, -0.2) is 29.2 Å². The molecule has 0 heterocycles. The monoisotopic (exact) mass is 230 g/mol. The van der Waals surface area contributed by atoms with E-state index in [4.69, 9.17) is 5.73 Å². The maximum absolute atomic E-state index is 11.9. The third-order valence-corrected chi connectivity index (χ3v) is 3.60. The Morgan fingerprint density at radius 3 is 2.19 bits per heavy atom. The molecule has 0 unspecified atom stereocenters. The predicted molar refractivity (Wildman–Crippen MR) is 66.0 cm³/mol. The molecule has 0 aliphatic rings. The number of nitrogens with two attached hydrogens (primary N) is 1. The summed E-state index contributed by atoms with van der Waals surface area (Å²) in [6.45, 7) is 7.84. The third kappa shape index (κ3) is 3.76. The minimum atomic E-state index is -0.512. The fraction of sp³-hybridized carbons (Fsp3) is 0.917. The number of aliphatic hydroxyl groups is 1. The first-order chi connectivity index (χ1) is 7.46. The first-order valence-corrected chi connectivity index (χ1v) is 6.14. The lowest BCUT2D eigenvalue weighted by Gasteiger charge is -2.32. The fourth-order valence-electron chi connectivity index (χ4n) is 1.55. The summed E-state index contributed by atoms with van der Waals surface area (Å²) >= 11 is 0. The van der Waals surface area contributed by atoms with Crippen LogP contribution in [0.4, 0.5) is 0 Å². The summed E-state index contributed by atoms with van der Waals surface area (Å²) in [5.74, 6) is -0.00259. The molecule has 4 heteroatoms. The van der Waals surface area contributed by atoms with Crippen LogP contribution in [0.5, 0.6) is 0 Å². The van der Waals surface area contributed by atoms with Gasteiger partial charge in [-0.3, -0.25) is 4.79 Å². The fourth-order valence-corrected chi connectivity index (χ4v) is 1.55. The van der Waals surface area contributed by atoms with Crippen molar-refractivity contribution in [2.24, 2.45) is 11.7 Å². The smallest absolute Gasteiger partial charge is 0.237 e. The Balaban J connectivity index is 4.52. The minimum absolute atomic E-state index is 0.0427. The number of aliphatic hydroxyl groups excluding tert-OH is 1. The lowest BCUT2D eigenvalue weighted by Crippen LogP contribution is -2.56. The van der Waals surface area contributed by atoms with Gasteiger partial charge in [0.1, 0.15) is 0 Å². The molecule has 96 valence electrons. The molecule has 16 heavy (non-hydrogen) atoms. The van der Waals surface area contributed by atoms with Gasteiger partial charge < -0.3 is 16.2 Å². The van der Waals surface area contributed by atoms with Crippen LogP contribution in [0.3, 0.4) is 0 Å². The number of carbonyl (C=O) groups excluding carboxylic acids is 1. The van der Waals surface area contributed by atoms with Crippen molar-refractivity contribution in [3.8, 4) is 0 Å². The van der Waals surface area contributed by atoms with Gasteiger partial charge in [0, 0.05) is 0 Å². The molecule has 0 bridgehead atoms. The SMILES string of the molecule is CC[C@H](C)[C@H](N)C(=O)NC(CC)(CC)CO. The van der Waals surface area contributed by atoms with Crippen molar-refractivity contribution in [3.05, 3.63) is 0 Å². The van der Waals surface area contributed by atoms with Crippen molar-refractivity contribution in [1.29, 1.82) is 0 Å². The second kappa shape index (κ2) is 6.86. The molecule has 0 aromatic carbocycles. The normalized spacial score (nSPS) is 15.6. The van der Waals surface area contributed by atoms with Gasteiger partial charge in [-0.1, -0.05) is 34.1 Å². The molecule has 0 spiro atoms. The zero-order valence-electron chi connectivity index (χ0n) is 10.9. The number of carbonyl (C=O) groups is 1. The van der Waals surface area contributed by atoms with E-state index in [0.29, 0.717) is 12.8 Å². The van der Waals surface area contributed by atoms with Crippen LogP contribution in [0.25, 0.3) is 0 Å². The van der Waals surface area contributed by atoms with Crippen LogP contribution in [-0.2, 0) is 4.79 Å². The molecule has 0 aliphatic heterocycles. The summed E-state index contributed by atoms with van der Waals surface area (Å²) in [5, 5.41) is 12.2. The maximum atomic E-state index is 11.9. The highest BCUT2D eigenvalue weighted by atomic mass is 16.3. The highest BCUT2D eigenvalue weighted by Crippen LogP contribution is 2.15. The third-order valence-electron chi connectivity index (χ3n) is 3.60. The number of hydrogen-bond acceptors (Lipinski definition) is 3. The molecule has 0 aromatic rings. The summed E-state index contributed by atoms with van der Waals surface area (Å²) in [7, 11) is 0. The quantitative estimate of drug-likeness (QED) is 0.611. The Labute approximate surface area is 98.6 Å². The van der Waals surface area contributed by atoms with Gasteiger partial charge in [-0.25, -0.2) is 0 Å². The highest BCUT2D eigenvalue weighted by Gasteiger charge is 2.30. The number of amides is 1. The first-order valence-electron chi connectivity index (χ1n) is 6.14. The van der Waals surface area contributed by atoms with Gasteiger partial charge in [-0.2, -0.15) is 0 Å². The molecule has 0 aromatic heterocycles. The second-order valence-electron chi connectivity index (χ2n) is 4.55. The standard InChI is InChI=1S/C12H26N2O2/c1-5-9(4)10(13)11(16)14-12(6-2,7-3)8-15/h9-10,15H,5-8,13H2,1-4H3,(H,14,16)/t9-,10-/m0/s1. The molecule has 0 aliphatic carbocycles. The first kappa shape index (κ1) is 15.4. The second-order valence-corrected chi connectivity index (χ2v) is 4.55. The average molecular weight is 230 g/mol. The highest BCUT2D eigenvalue weighted by molar-refractivity contribution is 5.82. The molecule has 0 fully saturated rings. The largest absolute Gasteiger partial charge is 0.394 e. The van der Waals surface area contributed by atoms with E-state index in [1.807, 2.05) is 27.7 Å². The van der Waals surface area contributed by atoms with Crippen LogP contribution in [0.2, 0.25) is 0 Å². The topological polar surface area (TPSA) is 75.4 Å². The van der Waals surface area contributed by atoms with Crippen molar-refractivity contribution in [2.45, 2.75) is 58.5 Å². The molecule has 2 atom stereocenters. The average Bonchev–Trinajstić information content (AvgIpc) is 2.33. The maximum Gasteiger partial charge on any atom is 0.237 e. The van der Waals surface area contributed by atoms with Crippen LogP contribution >= 0.6 is 0 Å². The summed E-state index contributed by atoms with van der Waals surface area (Å²) < 4.78 is 0. The van der Waals surface area contributed by atoms with E-state index in [1.54, 1.807) is 0 Å². The Morgan fingerprint density at radius 2 is 1.88 bits per heavy atom. The molecule has 0 saturated heterocycles. The van der Waals surface area contributed by atoms with Gasteiger partial charge in [0.15, 0.2) is 0 Å². The molecule has 1 amide bonds. The van der Waals surface area contributed by atoms with E-state index in [2.05, 4.69) is 5.32 Å². The predicted octanol–water partition coefficient (Wildman–Crippen LogP) is 1.03. The van der Waals surface area contributed by atoms with Gasteiger partial charge in [0.25, 0.3) is 0 Å². The zero-order chi connectivity index (χ0) is 12.8.